The summed E-state index contributed by atoms with van der Waals surface area (Å²) < 4.78 is 0. The molecule has 1 atom stereocenters. The van der Waals surface area contributed by atoms with Crippen molar-refractivity contribution in [1.29, 1.82) is 0 Å². The summed E-state index contributed by atoms with van der Waals surface area (Å²) in [4.78, 5) is 10.3. The van der Waals surface area contributed by atoms with Gasteiger partial charge in [-0.1, -0.05) is 6.07 Å². The van der Waals surface area contributed by atoms with E-state index in [1.54, 1.807) is 0 Å². The van der Waals surface area contributed by atoms with E-state index in [2.05, 4.69) is 0 Å². The van der Waals surface area contributed by atoms with Crippen LogP contribution >= 0.6 is 0 Å². The second kappa shape index (κ2) is 3.97. The highest BCUT2D eigenvalue weighted by atomic mass is 16.4. The number of carboxylic acids is 1. The number of hydrogen-bond donors (Lipinski definition) is 4. The third-order valence-electron chi connectivity index (χ3n) is 1.82. The minimum absolute atomic E-state index is 0.218. The third kappa shape index (κ3) is 2.37. The molecule has 0 spiro atoms. The van der Waals surface area contributed by atoms with Gasteiger partial charge in [-0.2, -0.15) is 0 Å². The lowest BCUT2D eigenvalue weighted by Gasteiger charge is -2.09. The minimum atomic E-state index is -1.01. The van der Waals surface area contributed by atoms with Crippen LogP contribution in [0.3, 0.4) is 0 Å². The van der Waals surface area contributed by atoms with E-state index < -0.39 is 12.0 Å². The zero-order valence-corrected chi connectivity index (χ0v) is 7.34. The monoisotopic (exact) mass is 197 g/mol. The zero-order chi connectivity index (χ0) is 10.7. The quantitative estimate of drug-likeness (QED) is 0.530. The van der Waals surface area contributed by atoms with Gasteiger partial charge in [0.15, 0.2) is 11.5 Å². The zero-order valence-electron chi connectivity index (χ0n) is 7.34. The maximum Gasteiger partial charge on any atom is 0.305 e. The Hall–Kier alpha value is -1.75. The van der Waals surface area contributed by atoms with Crippen LogP contribution in [-0.4, -0.2) is 21.3 Å². The molecule has 14 heavy (non-hydrogen) atoms. The standard InChI is InChI=1S/C9H11NO4/c10-6(4-9(13)14)5-1-2-7(11)8(12)3-5/h1-3,6,11-12H,4,10H2,(H,13,14). The number of benzene rings is 1. The van der Waals surface area contributed by atoms with E-state index in [1.807, 2.05) is 0 Å². The number of phenols is 2. The molecule has 5 N–H and O–H groups in total. The van der Waals surface area contributed by atoms with Crippen molar-refractivity contribution in [3.8, 4) is 11.5 Å². The summed E-state index contributed by atoms with van der Waals surface area (Å²) in [5, 5.41) is 26.6. The van der Waals surface area contributed by atoms with Crippen LogP contribution in [0.5, 0.6) is 11.5 Å². The first-order valence-electron chi connectivity index (χ1n) is 4.00. The van der Waals surface area contributed by atoms with Crippen molar-refractivity contribution >= 4 is 5.97 Å². The maximum absolute atomic E-state index is 10.3. The summed E-state index contributed by atoms with van der Waals surface area (Å²) in [6, 6.07) is 3.32. The van der Waals surface area contributed by atoms with Crippen molar-refractivity contribution in [2.24, 2.45) is 5.73 Å². The Labute approximate surface area is 80.4 Å². The smallest absolute Gasteiger partial charge is 0.305 e. The van der Waals surface area contributed by atoms with Crippen molar-refractivity contribution < 1.29 is 20.1 Å². The molecule has 1 rings (SSSR count). The Morgan fingerprint density at radius 1 is 1.36 bits per heavy atom. The second-order valence-corrected chi connectivity index (χ2v) is 2.95. The minimum Gasteiger partial charge on any atom is -0.504 e. The number of rotatable bonds is 3. The summed E-state index contributed by atoms with van der Waals surface area (Å²) in [7, 11) is 0. The Balaban J connectivity index is 2.85. The fourth-order valence-corrected chi connectivity index (χ4v) is 1.08. The molecule has 0 fully saturated rings. The summed E-state index contributed by atoms with van der Waals surface area (Å²) in [6.45, 7) is 0. The third-order valence-corrected chi connectivity index (χ3v) is 1.82. The Morgan fingerprint density at radius 2 is 2.00 bits per heavy atom. The maximum atomic E-state index is 10.3. The van der Waals surface area contributed by atoms with Crippen LogP contribution in [0, 0.1) is 0 Å². The molecule has 1 aromatic rings. The molecule has 5 nitrogen and oxygen atoms in total. The van der Waals surface area contributed by atoms with E-state index in [-0.39, 0.29) is 17.9 Å². The highest BCUT2D eigenvalue weighted by molar-refractivity contribution is 5.68. The van der Waals surface area contributed by atoms with Gasteiger partial charge in [0.05, 0.1) is 6.42 Å². The molecule has 0 bridgehead atoms. The first kappa shape index (κ1) is 10.3. The molecule has 1 aromatic carbocycles. The van der Waals surface area contributed by atoms with Crippen LogP contribution < -0.4 is 5.73 Å². The predicted molar refractivity (Wildman–Crippen MR) is 49.0 cm³/mol. The van der Waals surface area contributed by atoms with Crippen LogP contribution in [0.25, 0.3) is 0 Å². The molecular formula is C9H11NO4. The van der Waals surface area contributed by atoms with Crippen molar-refractivity contribution in [2.45, 2.75) is 12.5 Å². The number of carboxylic acid groups (broad SMARTS) is 1. The molecule has 0 aliphatic carbocycles. The van der Waals surface area contributed by atoms with Gasteiger partial charge < -0.3 is 21.1 Å². The Kier molecular flexibility index (Phi) is 2.93. The van der Waals surface area contributed by atoms with Crippen molar-refractivity contribution in [3.63, 3.8) is 0 Å². The molecule has 1 unspecified atom stereocenters. The molecular weight excluding hydrogens is 186 g/mol. The van der Waals surface area contributed by atoms with Gasteiger partial charge in [-0.3, -0.25) is 4.79 Å². The van der Waals surface area contributed by atoms with Crippen LogP contribution in [0.4, 0.5) is 0 Å². The highest BCUT2D eigenvalue weighted by Crippen LogP contribution is 2.27. The molecule has 0 saturated heterocycles. The number of carbonyl (C=O) groups is 1. The molecule has 0 amide bonds. The van der Waals surface area contributed by atoms with Crippen LogP contribution in [0.1, 0.15) is 18.0 Å². The molecule has 5 heteroatoms. The lowest BCUT2D eigenvalue weighted by Crippen LogP contribution is -2.14. The van der Waals surface area contributed by atoms with Gasteiger partial charge in [0, 0.05) is 6.04 Å². The molecule has 76 valence electrons. The molecule has 0 aliphatic heterocycles. The first-order valence-corrected chi connectivity index (χ1v) is 4.00. The van der Waals surface area contributed by atoms with Crippen molar-refractivity contribution in [1.82, 2.24) is 0 Å². The number of phenolic OH excluding ortho intramolecular Hbond substituents is 2. The fourth-order valence-electron chi connectivity index (χ4n) is 1.08. The van der Waals surface area contributed by atoms with Crippen LogP contribution in [0.15, 0.2) is 18.2 Å². The van der Waals surface area contributed by atoms with Gasteiger partial charge in [0.2, 0.25) is 0 Å². The fraction of sp³-hybridized carbons (Fsp3) is 0.222. The number of nitrogens with two attached hydrogens (primary N) is 1. The summed E-state index contributed by atoms with van der Waals surface area (Å²) in [5.41, 5.74) is 6.02. The van der Waals surface area contributed by atoms with Crippen molar-refractivity contribution in [3.05, 3.63) is 23.8 Å². The van der Waals surface area contributed by atoms with Gasteiger partial charge in [0.25, 0.3) is 0 Å². The van der Waals surface area contributed by atoms with Gasteiger partial charge in [-0.05, 0) is 17.7 Å². The summed E-state index contributed by atoms with van der Waals surface area (Å²) >= 11 is 0. The molecule has 0 radical (unpaired) electrons. The first-order chi connectivity index (χ1) is 6.50. The van der Waals surface area contributed by atoms with Crippen molar-refractivity contribution in [2.75, 3.05) is 0 Å². The summed E-state index contributed by atoms with van der Waals surface area (Å²) in [6.07, 6.45) is -0.218. The van der Waals surface area contributed by atoms with E-state index >= 15 is 0 Å². The van der Waals surface area contributed by atoms with E-state index in [1.165, 1.54) is 18.2 Å². The molecule has 0 aliphatic rings. The van der Waals surface area contributed by atoms with E-state index in [9.17, 15) is 4.79 Å². The van der Waals surface area contributed by atoms with Crippen LogP contribution in [0.2, 0.25) is 0 Å². The van der Waals surface area contributed by atoms with E-state index in [4.69, 9.17) is 21.1 Å². The topological polar surface area (TPSA) is 104 Å². The highest BCUT2D eigenvalue weighted by Gasteiger charge is 2.12. The normalized spacial score (nSPS) is 12.4. The average Bonchev–Trinajstić information content (AvgIpc) is 2.08. The molecule has 0 aromatic heterocycles. The average molecular weight is 197 g/mol. The number of aromatic hydroxyl groups is 2. The van der Waals surface area contributed by atoms with Gasteiger partial charge in [-0.25, -0.2) is 0 Å². The lowest BCUT2D eigenvalue weighted by atomic mass is 10.0. The van der Waals surface area contributed by atoms with E-state index in [0.717, 1.165) is 0 Å². The molecule has 0 heterocycles. The van der Waals surface area contributed by atoms with Gasteiger partial charge in [0.1, 0.15) is 0 Å². The Morgan fingerprint density at radius 3 is 2.50 bits per heavy atom. The molecule has 0 saturated carbocycles. The summed E-state index contributed by atoms with van der Waals surface area (Å²) in [5.74, 6) is -1.57. The number of hydrogen-bond acceptors (Lipinski definition) is 4. The van der Waals surface area contributed by atoms with Gasteiger partial charge >= 0.3 is 5.97 Å². The largest absolute Gasteiger partial charge is 0.504 e. The number of aliphatic carboxylic acids is 1. The van der Waals surface area contributed by atoms with Gasteiger partial charge in [-0.15, -0.1) is 0 Å². The second-order valence-electron chi connectivity index (χ2n) is 2.95. The Bertz CT molecular complexity index is 351. The predicted octanol–water partition coefficient (Wildman–Crippen LogP) is 0.572. The van der Waals surface area contributed by atoms with Crippen LogP contribution in [-0.2, 0) is 4.79 Å². The SMILES string of the molecule is NC(CC(=O)O)c1ccc(O)c(O)c1. The lowest BCUT2D eigenvalue weighted by molar-refractivity contribution is -0.137. The van der Waals surface area contributed by atoms with E-state index in [0.29, 0.717) is 5.56 Å².